The average molecular weight is 336 g/mol. The summed E-state index contributed by atoms with van der Waals surface area (Å²) in [6, 6.07) is 1.58. The number of hydrogen-bond donors (Lipinski definition) is 1. The minimum absolute atomic E-state index is 0.0822. The fourth-order valence-electron chi connectivity index (χ4n) is 2.02. The molecule has 2 atom stereocenters. The predicted octanol–water partition coefficient (Wildman–Crippen LogP) is 3.34. The van der Waals surface area contributed by atoms with Crippen molar-refractivity contribution in [2.45, 2.75) is 32.2 Å². The van der Waals surface area contributed by atoms with E-state index in [-0.39, 0.29) is 11.1 Å². The highest BCUT2D eigenvalue weighted by Crippen LogP contribution is 2.37. The average Bonchev–Trinajstić information content (AvgIpc) is 2.36. The summed E-state index contributed by atoms with van der Waals surface area (Å²) in [6.45, 7) is 4.27. The summed E-state index contributed by atoms with van der Waals surface area (Å²) in [7, 11) is 0. The summed E-state index contributed by atoms with van der Waals surface area (Å²) >= 11 is -1.68. The van der Waals surface area contributed by atoms with Crippen LogP contribution < -0.4 is 5.14 Å². The molecule has 0 heterocycles. The number of nitro groups is 1. The Balaban J connectivity index is 3.53. The molecule has 0 aliphatic rings. The van der Waals surface area contributed by atoms with E-state index in [1.165, 1.54) is 26.8 Å². The Morgan fingerprint density at radius 2 is 2.00 bits per heavy atom. The maximum atomic E-state index is 13.0. The number of allylic oxidation sites excluding steroid dienone is 1. The molecule has 0 aliphatic heterocycles. The summed E-state index contributed by atoms with van der Waals surface area (Å²) in [5.41, 5.74) is -1.41. The van der Waals surface area contributed by atoms with Crippen molar-refractivity contribution in [3.8, 4) is 0 Å². The van der Waals surface area contributed by atoms with Crippen LogP contribution in [0.3, 0.4) is 0 Å². The number of rotatable bonds is 4. The van der Waals surface area contributed by atoms with Crippen LogP contribution >= 0.6 is 0 Å². The molecule has 0 aromatic heterocycles. The molecule has 2 N–H and O–H groups in total. The molecule has 0 aliphatic carbocycles. The van der Waals surface area contributed by atoms with Crippen LogP contribution in [0.1, 0.15) is 30.5 Å². The number of alkyl halides is 3. The topological polar surface area (TPSA) is 92.2 Å². The molecule has 0 spiro atoms. The zero-order valence-corrected chi connectivity index (χ0v) is 12.9. The van der Waals surface area contributed by atoms with Crippen molar-refractivity contribution in [2.75, 3.05) is 0 Å². The van der Waals surface area contributed by atoms with Crippen LogP contribution in [0.25, 0.3) is 5.57 Å². The third-order valence-corrected chi connectivity index (χ3v) is 4.05. The highest BCUT2D eigenvalue weighted by molar-refractivity contribution is 7.89. The standard InChI is InChI=1S/C13H15F3N2O3S/c1-7(4-8(2)22(17)21)11-5-10(18(19)20)6-12(9(11)3)13(14,15)16/h4-6,8H,17H2,1-3H3. The van der Waals surface area contributed by atoms with Crippen molar-refractivity contribution in [3.63, 3.8) is 0 Å². The second kappa shape index (κ2) is 6.67. The lowest BCUT2D eigenvalue weighted by Crippen LogP contribution is -2.24. The molecule has 0 saturated heterocycles. The first-order valence-corrected chi connectivity index (χ1v) is 7.42. The van der Waals surface area contributed by atoms with Gasteiger partial charge in [-0.15, -0.1) is 0 Å². The van der Waals surface area contributed by atoms with Crippen molar-refractivity contribution >= 4 is 22.6 Å². The van der Waals surface area contributed by atoms with E-state index in [2.05, 4.69) is 0 Å². The van der Waals surface area contributed by atoms with E-state index in [0.717, 1.165) is 6.07 Å². The van der Waals surface area contributed by atoms with E-state index in [0.29, 0.717) is 11.6 Å². The lowest BCUT2D eigenvalue weighted by atomic mass is 9.95. The van der Waals surface area contributed by atoms with Gasteiger partial charge in [-0.3, -0.25) is 10.1 Å². The van der Waals surface area contributed by atoms with Gasteiger partial charge in [0, 0.05) is 23.5 Å². The number of nitro benzene ring substituents is 1. The lowest BCUT2D eigenvalue weighted by molar-refractivity contribution is -0.385. The summed E-state index contributed by atoms with van der Waals surface area (Å²) in [6.07, 6.45) is -3.27. The molecule has 1 rings (SSSR count). The molecular weight excluding hydrogens is 321 g/mol. The highest BCUT2D eigenvalue weighted by atomic mass is 32.2. The number of nitrogens with two attached hydrogens (primary N) is 1. The maximum absolute atomic E-state index is 13.0. The monoisotopic (exact) mass is 336 g/mol. The second-order valence-electron chi connectivity index (χ2n) is 4.80. The minimum atomic E-state index is -4.70. The first-order valence-electron chi connectivity index (χ1n) is 6.15. The van der Waals surface area contributed by atoms with Gasteiger partial charge in [-0.25, -0.2) is 0 Å². The highest BCUT2D eigenvalue weighted by Gasteiger charge is 2.35. The summed E-state index contributed by atoms with van der Waals surface area (Å²) in [5.74, 6) is 0. The number of nitrogens with zero attached hydrogens (tertiary/aromatic N) is 1. The van der Waals surface area contributed by atoms with Crippen LogP contribution in [0.5, 0.6) is 0 Å². The SMILES string of the molecule is CC(=CC(C)[S+](N)[O-])c1cc([N+](=O)[O-])cc(C(F)(F)F)c1C. The van der Waals surface area contributed by atoms with Crippen LogP contribution in [-0.2, 0) is 17.5 Å². The van der Waals surface area contributed by atoms with Gasteiger partial charge < -0.3 is 4.55 Å². The van der Waals surface area contributed by atoms with E-state index in [1.54, 1.807) is 0 Å². The van der Waals surface area contributed by atoms with Crippen LogP contribution in [0.2, 0.25) is 0 Å². The van der Waals surface area contributed by atoms with Gasteiger partial charge in [0.25, 0.3) is 5.69 Å². The maximum Gasteiger partial charge on any atom is 0.416 e. The zero-order chi connectivity index (χ0) is 17.2. The molecule has 2 unspecified atom stereocenters. The van der Waals surface area contributed by atoms with Crippen LogP contribution in [-0.4, -0.2) is 14.7 Å². The fourth-order valence-corrected chi connectivity index (χ4v) is 2.36. The first-order chi connectivity index (χ1) is 9.95. The van der Waals surface area contributed by atoms with Crippen molar-refractivity contribution in [3.05, 3.63) is 45.0 Å². The van der Waals surface area contributed by atoms with Crippen molar-refractivity contribution < 1.29 is 22.6 Å². The summed E-state index contributed by atoms with van der Waals surface area (Å²) in [5, 5.41) is 15.5. The number of halogens is 3. The molecule has 122 valence electrons. The van der Waals surface area contributed by atoms with Gasteiger partial charge in [0.05, 0.1) is 10.5 Å². The van der Waals surface area contributed by atoms with Gasteiger partial charge in [-0.2, -0.15) is 18.3 Å². The Kier molecular flexibility index (Phi) is 5.60. The second-order valence-corrected chi connectivity index (χ2v) is 6.20. The Labute approximate surface area is 128 Å². The quantitative estimate of drug-likeness (QED) is 0.518. The van der Waals surface area contributed by atoms with Gasteiger partial charge >= 0.3 is 6.18 Å². The molecule has 0 saturated carbocycles. The molecule has 22 heavy (non-hydrogen) atoms. The zero-order valence-electron chi connectivity index (χ0n) is 12.1. The Morgan fingerprint density at radius 3 is 2.41 bits per heavy atom. The molecule has 1 aromatic rings. The van der Waals surface area contributed by atoms with Gasteiger partial charge in [0.15, 0.2) is 5.25 Å². The van der Waals surface area contributed by atoms with E-state index in [1.807, 2.05) is 0 Å². The molecule has 1 aromatic carbocycles. The summed E-state index contributed by atoms with van der Waals surface area (Å²) < 4.78 is 50.2. The van der Waals surface area contributed by atoms with E-state index < -0.39 is 39.0 Å². The smallest absolute Gasteiger partial charge is 0.416 e. The molecule has 0 radical (unpaired) electrons. The van der Waals surface area contributed by atoms with Crippen molar-refractivity contribution in [2.24, 2.45) is 5.14 Å². The van der Waals surface area contributed by atoms with Crippen LogP contribution in [0, 0.1) is 17.0 Å². The molecule has 9 heteroatoms. The van der Waals surface area contributed by atoms with Crippen molar-refractivity contribution in [1.82, 2.24) is 0 Å². The van der Waals surface area contributed by atoms with Gasteiger partial charge in [-0.1, -0.05) is 0 Å². The Morgan fingerprint density at radius 1 is 1.45 bits per heavy atom. The molecular formula is C13H15F3N2O3S. The van der Waals surface area contributed by atoms with Gasteiger partial charge in [0.2, 0.25) is 0 Å². The van der Waals surface area contributed by atoms with Gasteiger partial charge in [0.1, 0.15) is 0 Å². The van der Waals surface area contributed by atoms with Gasteiger partial charge in [-0.05, 0) is 43.5 Å². The van der Waals surface area contributed by atoms with E-state index in [9.17, 15) is 27.8 Å². The minimum Gasteiger partial charge on any atom is -0.598 e. The van der Waals surface area contributed by atoms with E-state index in [4.69, 9.17) is 5.14 Å². The number of non-ortho nitro benzene ring substituents is 1. The fraction of sp³-hybridized carbons (Fsp3) is 0.385. The third kappa shape index (κ3) is 4.21. The predicted molar refractivity (Wildman–Crippen MR) is 78.3 cm³/mol. The largest absolute Gasteiger partial charge is 0.598 e. The third-order valence-electron chi connectivity index (χ3n) is 3.18. The van der Waals surface area contributed by atoms with E-state index >= 15 is 0 Å². The molecule has 5 nitrogen and oxygen atoms in total. The van der Waals surface area contributed by atoms with Crippen LogP contribution in [0.4, 0.5) is 18.9 Å². The first kappa shape index (κ1) is 18.5. The molecule has 0 bridgehead atoms. The summed E-state index contributed by atoms with van der Waals surface area (Å²) in [4.78, 5) is 9.97. The van der Waals surface area contributed by atoms with Crippen LogP contribution in [0.15, 0.2) is 18.2 Å². The normalized spacial score (nSPS) is 15.5. The molecule has 0 amide bonds. The number of benzene rings is 1. The molecule has 0 fully saturated rings. The number of hydrogen-bond acceptors (Lipinski definition) is 4. The van der Waals surface area contributed by atoms with Crippen molar-refractivity contribution in [1.29, 1.82) is 0 Å². The Bertz CT molecular complexity index is 615. The lowest BCUT2D eigenvalue weighted by Gasteiger charge is -2.16. The Hall–Kier alpha value is -1.58.